The number of ketones is 1. The molecular weight excluding hydrogens is 657 g/mol. The fourth-order valence-electron chi connectivity index (χ4n) is 9.98. The summed E-state index contributed by atoms with van der Waals surface area (Å²) in [6, 6.07) is 23.2. The minimum absolute atomic E-state index is 0.0212. The van der Waals surface area contributed by atoms with Crippen LogP contribution in [0.5, 0.6) is 0 Å². The second-order valence-corrected chi connectivity index (χ2v) is 16.4. The minimum Gasteiger partial charge on any atom is -0.476 e. The van der Waals surface area contributed by atoms with Crippen LogP contribution in [0.25, 0.3) is 21.3 Å². The molecule has 0 radical (unpaired) electrons. The van der Waals surface area contributed by atoms with Crippen LogP contribution in [0.3, 0.4) is 0 Å². The lowest BCUT2D eigenvalue weighted by Gasteiger charge is -2.55. The largest absolute Gasteiger partial charge is 0.476 e. The van der Waals surface area contributed by atoms with E-state index in [1.165, 1.54) is 19.3 Å². The number of nitrogens with one attached hydrogen (secondary N) is 1. The average Bonchev–Trinajstić information content (AvgIpc) is 3.53. The Kier molecular flexibility index (Phi) is 7.80. The molecule has 5 aliphatic rings. The number of anilines is 2. The molecule has 10 rings (SSSR count). The number of fused-ring (bicyclic) bond motifs is 2. The van der Waals surface area contributed by atoms with E-state index in [-0.39, 0.29) is 29.2 Å². The molecule has 4 bridgehead atoms. The van der Waals surface area contributed by atoms with Crippen LogP contribution >= 0.6 is 11.3 Å². The molecule has 4 fully saturated rings. The number of aromatic nitrogens is 2. The quantitative estimate of drug-likeness (QED) is 0.157. The molecular formula is C42H40N4O4S. The van der Waals surface area contributed by atoms with Crippen LogP contribution in [0.4, 0.5) is 11.5 Å². The Hall–Kier alpha value is -4.89. The highest BCUT2D eigenvalue weighted by molar-refractivity contribution is 7.18. The topological polar surface area (TPSA) is 112 Å². The van der Waals surface area contributed by atoms with Gasteiger partial charge in [-0.25, -0.2) is 14.8 Å². The number of carbonyl (C=O) groups is 3. The first-order valence-corrected chi connectivity index (χ1v) is 18.9. The van der Waals surface area contributed by atoms with Crippen molar-refractivity contribution in [1.82, 2.24) is 9.97 Å². The van der Waals surface area contributed by atoms with Crippen molar-refractivity contribution in [3.05, 3.63) is 106 Å². The van der Waals surface area contributed by atoms with Crippen molar-refractivity contribution in [1.29, 1.82) is 0 Å². The number of rotatable bonds is 8. The number of carboxylic acids is 1. The van der Waals surface area contributed by atoms with Gasteiger partial charge in [-0.1, -0.05) is 42.5 Å². The monoisotopic (exact) mass is 696 g/mol. The number of amides is 1. The van der Waals surface area contributed by atoms with Gasteiger partial charge in [0.1, 0.15) is 10.8 Å². The van der Waals surface area contributed by atoms with Gasteiger partial charge in [-0.3, -0.25) is 9.59 Å². The molecule has 3 heterocycles. The fraction of sp³-hybridized carbons (Fsp3) is 0.357. The highest BCUT2D eigenvalue weighted by Crippen LogP contribution is 2.60. The standard InChI is InChI=1S/C42H40N4O4S/c1-24-29(7-5-10-33(24)44-41(50)42-20-25-16-26(21-42)18-27(17-25)22-42)31-12-13-37(45-39(31)40(48)49)46-15-14-28-6-4-8-30(32(28)23-46)35(47)19-38-43-34-9-2-3-11-36(34)51-38/h2-13,25-27H,14-23H2,1H3,(H,44,50)(H,48,49). The van der Waals surface area contributed by atoms with Crippen molar-refractivity contribution in [3.8, 4) is 11.1 Å². The Balaban J connectivity index is 0.968. The van der Waals surface area contributed by atoms with Crippen LogP contribution < -0.4 is 10.2 Å². The summed E-state index contributed by atoms with van der Waals surface area (Å²) < 4.78 is 1.06. The molecule has 9 heteroatoms. The average molecular weight is 697 g/mol. The highest BCUT2D eigenvalue weighted by Gasteiger charge is 2.54. The van der Waals surface area contributed by atoms with Crippen LogP contribution in [0.1, 0.15) is 81.1 Å². The van der Waals surface area contributed by atoms with E-state index < -0.39 is 5.97 Å². The van der Waals surface area contributed by atoms with Crippen molar-refractivity contribution >= 4 is 50.7 Å². The van der Waals surface area contributed by atoms with Crippen molar-refractivity contribution in [2.45, 2.75) is 64.8 Å². The van der Waals surface area contributed by atoms with Crippen LogP contribution in [0.2, 0.25) is 0 Å². The number of nitrogens with zero attached hydrogens (tertiary/aromatic N) is 3. The van der Waals surface area contributed by atoms with Crippen LogP contribution in [-0.2, 0) is 24.2 Å². The van der Waals surface area contributed by atoms with E-state index in [4.69, 9.17) is 4.98 Å². The summed E-state index contributed by atoms with van der Waals surface area (Å²) in [6.07, 6.45) is 7.72. The van der Waals surface area contributed by atoms with Crippen molar-refractivity contribution in [2.24, 2.45) is 23.2 Å². The summed E-state index contributed by atoms with van der Waals surface area (Å²) in [4.78, 5) is 51.8. The predicted octanol–water partition coefficient (Wildman–Crippen LogP) is 8.51. The highest BCUT2D eigenvalue weighted by atomic mass is 32.1. The third-order valence-corrected chi connectivity index (χ3v) is 13.1. The van der Waals surface area contributed by atoms with Gasteiger partial charge < -0.3 is 15.3 Å². The Morgan fingerprint density at radius 3 is 2.37 bits per heavy atom. The molecule has 2 aromatic heterocycles. The Morgan fingerprint density at radius 1 is 0.882 bits per heavy atom. The van der Waals surface area contributed by atoms with Crippen molar-refractivity contribution in [2.75, 3.05) is 16.8 Å². The Labute approximate surface area is 300 Å². The van der Waals surface area contributed by atoms with E-state index >= 15 is 0 Å². The van der Waals surface area contributed by atoms with E-state index in [1.807, 2.05) is 73.7 Å². The maximum Gasteiger partial charge on any atom is 0.355 e. The molecule has 0 spiro atoms. The Bertz CT molecular complexity index is 2170. The summed E-state index contributed by atoms with van der Waals surface area (Å²) in [5.74, 6) is 1.59. The number of hydrogen-bond donors (Lipinski definition) is 2. The Morgan fingerprint density at radius 2 is 1.63 bits per heavy atom. The van der Waals surface area contributed by atoms with Crippen LogP contribution in [0, 0.1) is 30.1 Å². The van der Waals surface area contributed by atoms with Gasteiger partial charge in [0.05, 0.1) is 22.1 Å². The van der Waals surface area contributed by atoms with E-state index in [0.29, 0.717) is 54.2 Å². The molecule has 1 amide bonds. The molecule has 4 aliphatic carbocycles. The number of pyridine rings is 1. The number of carboxylic acid groups (broad SMARTS) is 1. The zero-order chi connectivity index (χ0) is 34.9. The van der Waals surface area contributed by atoms with E-state index in [2.05, 4.69) is 21.3 Å². The predicted molar refractivity (Wildman–Crippen MR) is 199 cm³/mol. The van der Waals surface area contributed by atoms with Crippen LogP contribution in [-0.4, -0.2) is 39.3 Å². The summed E-state index contributed by atoms with van der Waals surface area (Å²) in [6.45, 7) is 3.05. The number of hydrogen-bond acceptors (Lipinski definition) is 7. The van der Waals surface area contributed by atoms with Crippen molar-refractivity contribution in [3.63, 3.8) is 0 Å². The van der Waals surface area contributed by atoms with Gasteiger partial charge in [-0.2, -0.15) is 0 Å². The van der Waals surface area contributed by atoms with Gasteiger partial charge in [0.2, 0.25) is 5.91 Å². The number of Topliss-reactive ketones (excluding diaryl/α,β-unsaturated/α-hetero) is 1. The molecule has 4 saturated carbocycles. The first kappa shape index (κ1) is 32.0. The molecule has 2 N–H and O–H groups in total. The lowest BCUT2D eigenvalue weighted by molar-refractivity contribution is -0.140. The second kappa shape index (κ2) is 12.4. The molecule has 3 aromatic carbocycles. The third-order valence-electron chi connectivity index (χ3n) is 12.0. The molecule has 8 nitrogen and oxygen atoms in total. The number of para-hydroxylation sites is 1. The van der Waals surface area contributed by atoms with E-state index in [1.54, 1.807) is 11.3 Å². The lowest BCUT2D eigenvalue weighted by Crippen LogP contribution is -2.51. The fourth-order valence-corrected chi connectivity index (χ4v) is 10.9. The van der Waals surface area contributed by atoms with Crippen LogP contribution in [0.15, 0.2) is 72.8 Å². The molecule has 258 valence electrons. The van der Waals surface area contributed by atoms with Gasteiger partial charge >= 0.3 is 5.97 Å². The first-order valence-electron chi connectivity index (χ1n) is 18.1. The zero-order valence-electron chi connectivity index (χ0n) is 28.7. The van der Waals surface area contributed by atoms with Gasteiger partial charge in [0, 0.05) is 29.9 Å². The number of carbonyl (C=O) groups excluding carboxylic acids is 2. The normalized spacial score (nSPS) is 23.3. The number of thiazole rings is 1. The molecule has 0 atom stereocenters. The summed E-state index contributed by atoms with van der Waals surface area (Å²) in [5, 5.41) is 14.5. The van der Waals surface area contributed by atoms with E-state index in [0.717, 1.165) is 62.4 Å². The third kappa shape index (κ3) is 5.72. The summed E-state index contributed by atoms with van der Waals surface area (Å²) >= 11 is 1.55. The minimum atomic E-state index is -1.11. The number of aromatic carboxylic acids is 1. The lowest BCUT2D eigenvalue weighted by atomic mass is 9.49. The smallest absolute Gasteiger partial charge is 0.355 e. The van der Waals surface area contributed by atoms with Crippen molar-refractivity contribution < 1.29 is 19.5 Å². The molecule has 0 unspecified atom stereocenters. The molecule has 5 aromatic rings. The molecule has 0 saturated heterocycles. The summed E-state index contributed by atoms with van der Waals surface area (Å²) in [7, 11) is 0. The zero-order valence-corrected chi connectivity index (χ0v) is 29.5. The molecule has 1 aliphatic heterocycles. The summed E-state index contributed by atoms with van der Waals surface area (Å²) in [5.41, 5.74) is 6.15. The van der Waals surface area contributed by atoms with Gasteiger partial charge in [0.15, 0.2) is 11.5 Å². The van der Waals surface area contributed by atoms with E-state index in [9.17, 15) is 19.5 Å². The van der Waals surface area contributed by atoms with Gasteiger partial charge in [0.25, 0.3) is 0 Å². The maximum atomic E-state index is 13.9. The second-order valence-electron chi connectivity index (χ2n) is 15.3. The molecule has 51 heavy (non-hydrogen) atoms. The SMILES string of the molecule is Cc1c(NC(=O)C23CC4CC(CC(C4)C2)C3)cccc1-c1ccc(N2CCc3cccc(C(=O)Cc4nc5ccccc5s4)c3C2)nc1C(=O)O. The van der Waals surface area contributed by atoms with Gasteiger partial charge in [-0.15, -0.1) is 11.3 Å². The van der Waals surface area contributed by atoms with Gasteiger partial charge in [-0.05, 0) is 122 Å². The first-order chi connectivity index (χ1) is 24.7. The number of benzene rings is 3. The maximum absolute atomic E-state index is 13.9.